The number of benzene rings is 1. The second kappa shape index (κ2) is 7.03. The third kappa shape index (κ3) is 3.31. The number of rotatable bonds is 3. The number of hydrogen-bond donors (Lipinski definition) is 1. The molecule has 4 rings (SSSR count). The third-order valence-electron chi connectivity index (χ3n) is 4.09. The van der Waals surface area contributed by atoms with E-state index in [9.17, 15) is 0 Å². The van der Waals surface area contributed by atoms with Gasteiger partial charge in [-0.15, -0.1) is 11.3 Å². The van der Waals surface area contributed by atoms with Crippen LogP contribution in [-0.4, -0.2) is 10.1 Å². The largest absolute Gasteiger partial charge is 0.351 e. The van der Waals surface area contributed by atoms with Gasteiger partial charge >= 0.3 is 0 Å². The van der Waals surface area contributed by atoms with E-state index >= 15 is 0 Å². The number of nitrogens with one attached hydrogen (secondary N) is 1. The molecule has 0 amide bonds. The van der Waals surface area contributed by atoms with Gasteiger partial charge in [0.1, 0.15) is 0 Å². The highest BCUT2D eigenvalue weighted by atomic mass is 79.9. The number of halogens is 2. The minimum Gasteiger partial charge on any atom is -0.351 e. The fourth-order valence-corrected chi connectivity index (χ4v) is 5.04. The first-order chi connectivity index (χ1) is 12.1. The van der Waals surface area contributed by atoms with E-state index in [0.717, 1.165) is 15.2 Å². The predicted octanol–water partition coefficient (Wildman–Crippen LogP) is 5.74. The number of nitrogens with zero attached hydrogens (tertiary/aromatic N) is 2. The van der Waals surface area contributed by atoms with Crippen molar-refractivity contribution < 1.29 is 0 Å². The van der Waals surface area contributed by atoms with Crippen LogP contribution in [-0.2, 0) is 0 Å². The summed E-state index contributed by atoms with van der Waals surface area (Å²) in [5, 5.41) is 4.84. The quantitative estimate of drug-likeness (QED) is 0.515. The molecule has 3 aromatic rings. The summed E-state index contributed by atoms with van der Waals surface area (Å²) in [4.78, 5) is 7.90. The summed E-state index contributed by atoms with van der Waals surface area (Å²) >= 11 is 17.0. The molecule has 0 spiro atoms. The van der Waals surface area contributed by atoms with Crippen molar-refractivity contribution in [1.82, 2.24) is 10.3 Å². The van der Waals surface area contributed by atoms with Gasteiger partial charge in [0, 0.05) is 21.8 Å². The highest BCUT2D eigenvalue weighted by molar-refractivity contribution is 9.11. The van der Waals surface area contributed by atoms with Crippen molar-refractivity contribution in [3.8, 4) is 0 Å². The first kappa shape index (κ1) is 17.0. The zero-order valence-corrected chi connectivity index (χ0v) is 16.9. The van der Waals surface area contributed by atoms with E-state index in [4.69, 9.17) is 23.8 Å². The Morgan fingerprint density at radius 1 is 1.12 bits per heavy atom. The van der Waals surface area contributed by atoms with Gasteiger partial charge in [-0.3, -0.25) is 4.98 Å². The van der Waals surface area contributed by atoms with Gasteiger partial charge in [-0.1, -0.05) is 17.7 Å². The Bertz CT molecular complexity index is 898. The molecule has 1 saturated heterocycles. The minimum atomic E-state index is -0.0186. The summed E-state index contributed by atoms with van der Waals surface area (Å²) in [6, 6.07) is 17.9. The molecule has 0 unspecified atom stereocenters. The summed E-state index contributed by atoms with van der Waals surface area (Å²) in [5.74, 6) is 0. The van der Waals surface area contributed by atoms with E-state index in [-0.39, 0.29) is 12.1 Å². The molecule has 0 bridgehead atoms. The van der Waals surface area contributed by atoms with Gasteiger partial charge in [0.25, 0.3) is 0 Å². The van der Waals surface area contributed by atoms with Crippen molar-refractivity contribution >= 4 is 61.9 Å². The fourth-order valence-electron chi connectivity index (χ4n) is 3.01. The number of thiocarbonyl (C=S) groups is 1. The lowest BCUT2D eigenvalue weighted by atomic mass is 10.0. The van der Waals surface area contributed by atoms with Crippen molar-refractivity contribution in [3.63, 3.8) is 0 Å². The van der Waals surface area contributed by atoms with Crippen molar-refractivity contribution in [3.05, 3.63) is 80.2 Å². The van der Waals surface area contributed by atoms with Crippen LogP contribution >= 0.6 is 51.1 Å². The van der Waals surface area contributed by atoms with Gasteiger partial charge in [0.05, 0.1) is 21.6 Å². The van der Waals surface area contributed by atoms with E-state index in [0.29, 0.717) is 10.1 Å². The first-order valence-electron chi connectivity index (χ1n) is 7.65. The molecule has 1 fully saturated rings. The molecular weight excluding hydrogens is 438 g/mol. The lowest BCUT2D eigenvalue weighted by Gasteiger charge is -2.26. The Morgan fingerprint density at radius 3 is 2.56 bits per heavy atom. The maximum atomic E-state index is 6.05. The van der Waals surface area contributed by atoms with Crippen LogP contribution in [0.2, 0.25) is 5.02 Å². The van der Waals surface area contributed by atoms with Gasteiger partial charge < -0.3 is 10.2 Å². The summed E-state index contributed by atoms with van der Waals surface area (Å²) in [6.45, 7) is 0. The number of anilines is 1. The van der Waals surface area contributed by atoms with Gasteiger partial charge in [-0.05, 0) is 76.7 Å². The standard InChI is InChI=1S/C18H13BrClN3S2/c19-15-9-8-14(25-15)17-16(13-3-1-2-10-21-13)22-18(24)23(17)12-6-4-11(20)5-7-12/h1-10,16-17H,(H,22,24)/t16-,17+/m0/s1. The van der Waals surface area contributed by atoms with E-state index < -0.39 is 0 Å². The summed E-state index contributed by atoms with van der Waals surface area (Å²) < 4.78 is 1.09. The fraction of sp³-hybridized carbons (Fsp3) is 0.111. The maximum absolute atomic E-state index is 6.05. The molecule has 1 aliphatic rings. The van der Waals surface area contributed by atoms with Crippen molar-refractivity contribution in [2.75, 3.05) is 4.90 Å². The van der Waals surface area contributed by atoms with Crippen LogP contribution in [0.1, 0.15) is 22.7 Å². The molecule has 2 aromatic heterocycles. The molecule has 0 radical (unpaired) electrons. The zero-order valence-electron chi connectivity index (χ0n) is 12.9. The Labute approximate surface area is 168 Å². The average molecular weight is 451 g/mol. The van der Waals surface area contributed by atoms with Crippen LogP contribution < -0.4 is 10.2 Å². The number of aromatic nitrogens is 1. The van der Waals surface area contributed by atoms with Crippen molar-refractivity contribution in [2.45, 2.75) is 12.1 Å². The molecule has 0 aliphatic carbocycles. The molecule has 1 N–H and O–H groups in total. The molecule has 3 nitrogen and oxygen atoms in total. The second-order valence-corrected chi connectivity index (χ2v) is 8.93. The predicted molar refractivity (Wildman–Crippen MR) is 111 cm³/mol. The highest BCUT2D eigenvalue weighted by Crippen LogP contribution is 2.44. The number of thiophene rings is 1. The molecule has 3 heterocycles. The summed E-state index contributed by atoms with van der Waals surface area (Å²) in [5.41, 5.74) is 1.98. The van der Waals surface area contributed by atoms with E-state index in [1.807, 2.05) is 48.7 Å². The summed E-state index contributed by atoms with van der Waals surface area (Å²) in [6.07, 6.45) is 1.81. The molecule has 25 heavy (non-hydrogen) atoms. The minimum absolute atomic E-state index is 0.0186. The second-order valence-electron chi connectivity index (χ2n) is 5.61. The molecule has 0 saturated carbocycles. The van der Waals surface area contributed by atoms with Crippen LogP contribution in [0.5, 0.6) is 0 Å². The third-order valence-corrected chi connectivity index (χ3v) is 6.35. The van der Waals surface area contributed by atoms with Crippen LogP contribution in [0.3, 0.4) is 0 Å². The Hall–Kier alpha value is -1.47. The van der Waals surface area contributed by atoms with Crippen LogP contribution in [0.15, 0.2) is 64.6 Å². The van der Waals surface area contributed by atoms with E-state index in [2.05, 4.69) is 43.3 Å². The molecule has 126 valence electrons. The van der Waals surface area contributed by atoms with Crippen LogP contribution in [0, 0.1) is 0 Å². The van der Waals surface area contributed by atoms with Gasteiger partial charge in [-0.25, -0.2) is 0 Å². The Morgan fingerprint density at radius 2 is 1.92 bits per heavy atom. The smallest absolute Gasteiger partial charge is 0.174 e. The topological polar surface area (TPSA) is 28.2 Å². The Balaban J connectivity index is 1.81. The zero-order chi connectivity index (χ0) is 17.4. The monoisotopic (exact) mass is 449 g/mol. The molecular formula is C18H13BrClN3S2. The summed E-state index contributed by atoms with van der Waals surface area (Å²) in [7, 11) is 0. The van der Waals surface area contributed by atoms with E-state index in [1.165, 1.54) is 4.88 Å². The molecule has 1 aliphatic heterocycles. The van der Waals surface area contributed by atoms with Gasteiger partial charge in [0.15, 0.2) is 5.11 Å². The highest BCUT2D eigenvalue weighted by Gasteiger charge is 2.41. The molecule has 1 aromatic carbocycles. The Kier molecular flexibility index (Phi) is 4.78. The van der Waals surface area contributed by atoms with Gasteiger partial charge in [0.2, 0.25) is 0 Å². The van der Waals surface area contributed by atoms with E-state index in [1.54, 1.807) is 11.3 Å². The normalized spacial score (nSPS) is 19.9. The number of hydrogen-bond acceptors (Lipinski definition) is 3. The SMILES string of the molecule is S=C1N[C@@H](c2ccccn2)[C@@H](c2ccc(Br)s2)N1c1ccc(Cl)cc1. The first-order valence-corrected chi connectivity index (χ1v) is 10.0. The maximum Gasteiger partial charge on any atom is 0.174 e. The van der Waals surface area contributed by atoms with Gasteiger partial charge in [-0.2, -0.15) is 0 Å². The van der Waals surface area contributed by atoms with Crippen LogP contribution in [0.4, 0.5) is 5.69 Å². The average Bonchev–Trinajstić information content (AvgIpc) is 3.20. The lowest BCUT2D eigenvalue weighted by molar-refractivity contribution is 0.575. The van der Waals surface area contributed by atoms with Crippen molar-refractivity contribution in [1.29, 1.82) is 0 Å². The molecule has 2 atom stereocenters. The lowest BCUT2D eigenvalue weighted by Crippen LogP contribution is -2.28. The number of pyridine rings is 1. The van der Waals surface area contributed by atoms with Crippen molar-refractivity contribution in [2.24, 2.45) is 0 Å². The molecule has 7 heteroatoms. The van der Waals surface area contributed by atoms with Crippen LogP contribution in [0.25, 0.3) is 0 Å².